The van der Waals surface area contributed by atoms with Gasteiger partial charge in [-0.1, -0.05) is 42.5 Å². The van der Waals surface area contributed by atoms with E-state index in [1.54, 1.807) is 4.90 Å². The number of hydrogen-bond donors (Lipinski definition) is 1. The van der Waals surface area contributed by atoms with E-state index < -0.39 is 6.09 Å². The maximum atomic E-state index is 12.4. The lowest BCUT2D eigenvalue weighted by atomic mass is 9.94. The number of nitrogens with one attached hydrogen (secondary N) is 1. The van der Waals surface area contributed by atoms with E-state index >= 15 is 0 Å². The van der Waals surface area contributed by atoms with Gasteiger partial charge in [0.25, 0.3) is 0 Å². The van der Waals surface area contributed by atoms with E-state index in [9.17, 15) is 9.59 Å². The summed E-state index contributed by atoms with van der Waals surface area (Å²) in [7, 11) is 2.74. The number of nitrogens with zero attached hydrogens (tertiary/aromatic N) is 1. The maximum absolute atomic E-state index is 12.4. The highest BCUT2D eigenvalue weighted by molar-refractivity contribution is 5.90. The molecule has 3 aromatic rings. The summed E-state index contributed by atoms with van der Waals surface area (Å²) in [5, 5.41) is 1.08. The van der Waals surface area contributed by atoms with Crippen molar-refractivity contribution in [3.8, 4) is 5.75 Å². The minimum absolute atomic E-state index is 0.209. The van der Waals surface area contributed by atoms with Crippen molar-refractivity contribution in [3.63, 3.8) is 0 Å². The number of methoxy groups -OCH3 is 2. The predicted octanol–water partition coefficient (Wildman–Crippen LogP) is 4.37. The van der Waals surface area contributed by atoms with Crippen molar-refractivity contribution in [2.45, 2.75) is 31.9 Å². The highest BCUT2D eigenvalue weighted by Crippen LogP contribution is 2.39. The zero-order valence-electron chi connectivity index (χ0n) is 17.7. The van der Waals surface area contributed by atoms with Crippen molar-refractivity contribution >= 4 is 23.0 Å². The number of carbonyl (C=O) groups excluding carboxylic acids is 2. The Kier molecular flexibility index (Phi) is 6.11. The summed E-state index contributed by atoms with van der Waals surface area (Å²) in [6, 6.07) is 15.7. The molecule has 0 radical (unpaired) electrons. The molecule has 1 N–H and O–H groups in total. The summed E-state index contributed by atoms with van der Waals surface area (Å²) in [4.78, 5) is 29.3. The standard InChI is InChI=1S/C24H26N2O5/c1-29-21(27)12-11-19-22-18(13-14-26(19)24(28)30-2)17-9-6-10-20(23(17)25-22)31-15-16-7-4-3-5-8-16/h3-10,19,25H,11-15H2,1-2H3/t19-/m0/s1. The highest BCUT2D eigenvalue weighted by Gasteiger charge is 2.34. The Labute approximate surface area is 180 Å². The van der Waals surface area contributed by atoms with Crippen LogP contribution in [0.2, 0.25) is 0 Å². The molecular weight excluding hydrogens is 396 g/mol. The van der Waals surface area contributed by atoms with Gasteiger partial charge in [0.1, 0.15) is 12.4 Å². The van der Waals surface area contributed by atoms with Gasteiger partial charge in [-0.05, 0) is 30.0 Å². The Bertz CT molecular complexity index is 1080. The van der Waals surface area contributed by atoms with Crippen molar-refractivity contribution < 1.29 is 23.8 Å². The van der Waals surface area contributed by atoms with Crippen molar-refractivity contribution in [1.29, 1.82) is 0 Å². The summed E-state index contributed by atoms with van der Waals surface area (Å²) >= 11 is 0. The first-order chi connectivity index (χ1) is 15.1. The second kappa shape index (κ2) is 9.12. The fourth-order valence-corrected chi connectivity index (χ4v) is 4.21. The predicted molar refractivity (Wildman–Crippen MR) is 116 cm³/mol. The third-order valence-electron chi connectivity index (χ3n) is 5.74. The summed E-state index contributed by atoms with van der Waals surface area (Å²) in [6.07, 6.45) is 0.948. The van der Waals surface area contributed by atoms with Crippen LogP contribution in [0, 0.1) is 0 Å². The van der Waals surface area contributed by atoms with Crippen molar-refractivity contribution in [1.82, 2.24) is 9.88 Å². The van der Waals surface area contributed by atoms with Gasteiger partial charge in [-0.2, -0.15) is 0 Å². The molecule has 0 aliphatic carbocycles. The van der Waals surface area contributed by atoms with Gasteiger partial charge >= 0.3 is 12.1 Å². The normalized spacial score (nSPS) is 15.4. The number of benzene rings is 2. The molecule has 0 saturated carbocycles. The molecule has 7 nitrogen and oxygen atoms in total. The number of rotatable bonds is 6. The molecule has 31 heavy (non-hydrogen) atoms. The quantitative estimate of drug-likeness (QED) is 0.597. The van der Waals surface area contributed by atoms with Gasteiger partial charge in [0.15, 0.2) is 0 Å². The number of aromatic amines is 1. The van der Waals surface area contributed by atoms with Crippen molar-refractivity contribution in [2.75, 3.05) is 20.8 Å². The van der Waals surface area contributed by atoms with Crippen LogP contribution in [0.4, 0.5) is 4.79 Å². The van der Waals surface area contributed by atoms with Crippen molar-refractivity contribution in [3.05, 3.63) is 65.4 Å². The fourth-order valence-electron chi connectivity index (χ4n) is 4.21. The van der Waals surface area contributed by atoms with E-state index in [1.165, 1.54) is 14.2 Å². The summed E-state index contributed by atoms with van der Waals surface area (Å²) in [5.41, 5.74) is 4.06. The molecule has 1 aliphatic rings. The SMILES string of the molecule is COC(=O)CC[C@H]1c2[nH]c3c(OCc4ccccc4)cccc3c2CCN1C(=O)OC. The minimum Gasteiger partial charge on any atom is -0.487 e. The van der Waals surface area contributed by atoms with Gasteiger partial charge in [-0.15, -0.1) is 0 Å². The van der Waals surface area contributed by atoms with Crippen LogP contribution in [0.3, 0.4) is 0 Å². The Balaban J connectivity index is 1.68. The van der Waals surface area contributed by atoms with Gasteiger partial charge in [0, 0.05) is 24.0 Å². The molecular formula is C24H26N2O5. The molecule has 4 rings (SSSR count). The molecule has 0 unspecified atom stereocenters. The van der Waals surface area contributed by atoms with E-state index in [4.69, 9.17) is 14.2 Å². The first-order valence-corrected chi connectivity index (χ1v) is 10.3. The van der Waals surface area contributed by atoms with E-state index in [1.807, 2.05) is 42.5 Å². The van der Waals surface area contributed by atoms with Crippen LogP contribution < -0.4 is 4.74 Å². The Morgan fingerprint density at radius 3 is 2.61 bits per heavy atom. The van der Waals surface area contributed by atoms with Crippen molar-refractivity contribution in [2.24, 2.45) is 0 Å². The fraction of sp³-hybridized carbons (Fsp3) is 0.333. The lowest BCUT2D eigenvalue weighted by Crippen LogP contribution is -2.40. The zero-order valence-corrected chi connectivity index (χ0v) is 17.7. The molecule has 1 aromatic heterocycles. The van der Waals surface area contributed by atoms with Crippen LogP contribution in [0.25, 0.3) is 10.9 Å². The monoisotopic (exact) mass is 422 g/mol. The molecule has 1 aliphatic heterocycles. The third kappa shape index (κ3) is 4.21. The topological polar surface area (TPSA) is 80.9 Å². The molecule has 0 fully saturated rings. The Hall–Kier alpha value is -3.48. The molecule has 162 valence electrons. The second-order valence-corrected chi connectivity index (χ2v) is 7.51. The average molecular weight is 422 g/mol. The molecule has 0 bridgehead atoms. The second-order valence-electron chi connectivity index (χ2n) is 7.51. The van der Waals surface area contributed by atoms with Gasteiger partial charge in [0.2, 0.25) is 0 Å². The number of hydrogen-bond acceptors (Lipinski definition) is 5. The third-order valence-corrected chi connectivity index (χ3v) is 5.74. The van der Waals surface area contributed by atoms with Gasteiger partial charge in [0.05, 0.1) is 25.8 Å². The first-order valence-electron chi connectivity index (χ1n) is 10.3. The molecule has 2 aromatic carbocycles. The number of esters is 1. The van der Waals surface area contributed by atoms with Crippen LogP contribution in [0.15, 0.2) is 48.5 Å². The highest BCUT2D eigenvalue weighted by atomic mass is 16.5. The van der Waals surface area contributed by atoms with Gasteiger partial charge in [-0.3, -0.25) is 9.69 Å². The minimum atomic E-state index is -0.403. The van der Waals surface area contributed by atoms with Crippen LogP contribution in [0.5, 0.6) is 5.75 Å². The zero-order chi connectivity index (χ0) is 21.8. The lowest BCUT2D eigenvalue weighted by molar-refractivity contribution is -0.141. The number of para-hydroxylation sites is 1. The number of ether oxygens (including phenoxy) is 3. The van der Waals surface area contributed by atoms with Crippen LogP contribution >= 0.6 is 0 Å². The Morgan fingerprint density at radius 2 is 1.87 bits per heavy atom. The van der Waals surface area contributed by atoms with Crippen LogP contribution in [-0.2, 0) is 27.3 Å². The van der Waals surface area contributed by atoms with Crippen LogP contribution in [-0.4, -0.2) is 42.7 Å². The van der Waals surface area contributed by atoms with Gasteiger partial charge in [-0.25, -0.2) is 4.79 Å². The largest absolute Gasteiger partial charge is 0.487 e. The van der Waals surface area contributed by atoms with E-state index in [-0.39, 0.29) is 18.4 Å². The smallest absolute Gasteiger partial charge is 0.410 e. The number of aromatic nitrogens is 1. The van der Waals surface area contributed by atoms with E-state index in [0.29, 0.717) is 26.0 Å². The number of amides is 1. The molecule has 1 amide bonds. The molecule has 0 spiro atoms. The van der Waals surface area contributed by atoms with Gasteiger partial charge < -0.3 is 19.2 Å². The maximum Gasteiger partial charge on any atom is 0.410 e. The van der Waals surface area contributed by atoms with E-state index in [0.717, 1.165) is 33.5 Å². The first kappa shape index (κ1) is 20.8. The number of carbonyl (C=O) groups is 2. The molecule has 7 heteroatoms. The lowest BCUT2D eigenvalue weighted by Gasteiger charge is -2.34. The molecule has 1 atom stereocenters. The summed E-state index contributed by atoms with van der Waals surface area (Å²) in [5.74, 6) is 0.451. The number of H-pyrrole nitrogens is 1. The summed E-state index contributed by atoms with van der Waals surface area (Å²) < 4.78 is 15.9. The molecule has 0 saturated heterocycles. The van der Waals surface area contributed by atoms with Crippen LogP contribution in [0.1, 0.15) is 35.7 Å². The van der Waals surface area contributed by atoms with E-state index in [2.05, 4.69) is 11.1 Å². The number of fused-ring (bicyclic) bond motifs is 3. The molecule has 2 heterocycles. The Morgan fingerprint density at radius 1 is 1.06 bits per heavy atom. The summed E-state index contributed by atoms with van der Waals surface area (Å²) in [6.45, 7) is 0.983. The average Bonchev–Trinajstić information content (AvgIpc) is 3.20.